The number of amides is 1. The first-order chi connectivity index (χ1) is 20.1. The number of anilines is 1. The normalized spacial score (nSPS) is 11.4. The number of carbonyl (C=O) groups is 1. The molecule has 202 valence electrons. The third kappa shape index (κ3) is 4.69. The van der Waals surface area contributed by atoms with Crippen molar-refractivity contribution in [1.82, 2.24) is 35.0 Å². The van der Waals surface area contributed by atoms with E-state index in [1.165, 1.54) is 10.8 Å². The number of aromatic amines is 2. The Morgan fingerprint density at radius 2 is 1.88 bits per heavy atom. The smallest absolute Gasteiger partial charge is 0.277 e. The fraction of sp³-hybridized carbons (Fsp3) is 0.100. The summed E-state index contributed by atoms with van der Waals surface area (Å²) in [4.78, 5) is 38.5. The molecule has 0 fully saturated rings. The molecule has 7 aromatic rings. The van der Waals surface area contributed by atoms with Gasteiger partial charge in [-0.2, -0.15) is 5.10 Å². The van der Waals surface area contributed by atoms with Crippen LogP contribution in [-0.2, 0) is 24.4 Å². The highest BCUT2D eigenvalue weighted by Crippen LogP contribution is 2.29. The minimum Gasteiger partial charge on any atom is -0.456 e. The first-order valence-corrected chi connectivity index (χ1v) is 13.0. The maximum atomic E-state index is 13.6. The van der Waals surface area contributed by atoms with E-state index in [0.717, 1.165) is 44.1 Å². The number of fused-ring (bicyclic) bond motifs is 4. The molecule has 11 nitrogen and oxygen atoms in total. The Kier molecular flexibility index (Phi) is 6.01. The summed E-state index contributed by atoms with van der Waals surface area (Å²) < 4.78 is 7.27. The molecule has 41 heavy (non-hydrogen) atoms. The van der Waals surface area contributed by atoms with E-state index < -0.39 is 0 Å². The SMILES string of the molecule is O=C(Cn1c(-c2cn[nH]c2)ncc(NCc2ccc3oc4ccccc4c3c2)c1=O)NCc1cc2cnccc2[nH]1. The topological polar surface area (TPSA) is 147 Å². The number of aromatic nitrogens is 6. The van der Waals surface area contributed by atoms with E-state index in [4.69, 9.17) is 4.42 Å². The van der Waals surface area contributed by atoms with Gasteiger partial charge in [-0.3, -0.25) is 24.2 Å². The third-order valence-electron chi connectivity index (χ3n) is 6.98. The number of hydrogen-bond acceptors (Lipinski definition) is 7. The van der Waals surface area contributed by atoms with E-state index in [1.807, 2.05) is 54.6 Å². The number of para-hydroxylation sites is 1. The van der Waals surface area contributed by atoms with Crippen LogP contribution in [0.2, 0.25) is 0 Å². The Balaban J connectivity index is 1.12. The molecule has 0 bridgehead atoms. The molecule has 0 aliphatic heterocycles. The van der Waals surface area contributed by atoms with E-state index >= 15 is 0 Å². The number of rotatable bonds is 8. The highest BCUT2D eigenvalue weighted by Gasteiger charge is 2.16. The second-order valence-corrected chi connectivity index (χ2v) is 9.69. The molecular weight excluding hydrogens is 520 g/mol. The Morgan fingerprint density at radius 3 is 2.76 bits per heavy atom. The van der Waals surface area contributed by atoms with Crippen LogP contribution < -0.4 is 16.2 Å². The van der Waals surface area contributed by atoms with Crippen molar-refractivity contribution in [3.05, 3.63) is 107 Å². The van der Waals surface area contributed by atoms with Gasteiger partial charge < -0.3 is 20.0 Å². The van der Waals surface area contributed by atoms with Gasteiger partial charge in [0.25, 0.3) is 5.56 Å². The summed E-state index contributed by atoms with van der Waals surface area (Å²) in [7, 11) is 0. The predicted molar refractivity (Wildman–Crippen MR) is 155 cm³/mol. The van der Waals surface area contributed by atoms with Gasteiger partial charge in [-0.1, -0.05) is 24.3 Å². The molecule has 0 spiro atoms. The molecule has 0 atom stereocenters. The largest absolute Gasteiger partial charge is 0.456 e. The highest BCUT2D eigenvalue weighted by atomic mass is 16.3. The van der Waals surface area contributed by atoms with Gasteiger partial charge in [-0.25, -0.2) is 4.98 Å². The van der Waals surface area contributed by atoms with Crippen LogP contribution in [0, 0.1) is 0 Å². The van der Waals surface area contributed by atoms with Gasteiger partial charge in [0.1, 0.15) is 29.2 Å². The summed E-state index contributed by atoms with van der Waals surface area (Å²) in [5.74, 6) is 0.0114. The first kappa shape index (κ1) is 24.3. The molecule has 11 heteroatoms. The first-order valence-electron chi connectivity index (χ1n) is 13.0. The van der Waals surface area contributed by atoms with Crippen molar-refractivity contribution in [2.75, 3.05) is 5.32 Å². The lowest BCUT2D eigenvalue weighted by Crippen LogP contribution is -2.34. The Labute approximate surface area is 232 Å². The van der Waals surface area contributed by atoms with Crippen LogP contribution in [0.1, 0.15) is 11.3 Å². The van der Waals surface area contributed by atoms with Crippen LogP contribution in [0.5, 0.6) is 0 Å². The van der Waals surface area contributed by atoms with Crippen LogP contribution in [0.4, 0.5) is 5.69 Å². The zero-order chi connectivity index (χ0) is 27.8. The van der Waals surface area contributed by atoms with Gasteiger partial charge >= 0.3 is 0 Å². The molecule has 0 unspecified atom stereocenters. The Bertz CT molecular complexity index is 2060. The molecule has 0 radical (unpaired) electrons. The fourth-order valence-corrected chi connectivity index (χ4v) is 4.96. The molecule has 0 aliphatic rings. The number of benzene rings is 2. The monoisotopic (exact) mass is 544 g/mol. The minimum absolute atomic E-state index is 0.212. The fourth-order valence-electron chi connectivity index (χ4n) is 4.96. The zero-order valence-corrected chi connectivity index (χ0v) is 21.7. The summed E-state index contributed by atoms with van der Waals surface area (Å²) in [6, 6.07) is 17.6. The van der Waals surface area contributed by atoms with Crippen LogP contribution in [0.25, 0.3) is 44.2 Å². The van der Waals surface area contributed by atoms with E-state index in [-0.39, 0.29) is 30.2 Å². The van der Waals surface area contributed by atoms with Crippen molar-refractivity contribution in [2.45, 2.75) is 19.6 Å². The summed E-state index contributed by atoms with van der Waals surface area (Å²) >= 11 is 0. The van der Waals surface area contributed by atoms with E-state index in [0.29, 0.717) is 17.9 Å². The van der Waals surface area contributed by atoms with Gasteiger partial charge in [-0.15, -0.1) is 0 Å². The maximum Gasteiger partial charge on any atom is 0.277 e. The summed E-state index contributed by atoms with van der Waals surface area (Å²) in [5.41, 5.74) is 4.89. The lowest BCUT2D eigenvalue weighted by atomic mass is 10.1. The van der Waals surface area contributed by atoms with E-state index in [1.54, 1.807) is 24.8 Å². The van der Waals surface area contributed by atoms with Crippen LogP contribution >= 0.6 is 0 Å². The molecule has 0 aliphatic carbocycles. The van der Waals surface area contributed by atoms with Crippen molar-refractivity contribution in [1.29, 1.82) is 0 Å². The van der Waals surface area contributed by atoms with Gasteiger partial charge in [0.05, 0.1) is 24.5 Å². The summed E-state index contributed by atoms with van der Waals surface area (Å²) in [6.07, 6.45) is 8.15. The molecule has 1 amide bonds. The number of furan rings is 1. The van der Waals surface area contributed by atoms with E-state index in [9.17, 15) is 9.59 Å². The molecule has 0 saturated carbocycles. The van der Waals surface area contributed by atoms with Crippen LogP contribution in [0.15, 0.2) is 94.8 Å². The summed E-state index contributed by atoms with van der Waals surface area (Å²) in [6.45, 7) is 0.454. The number of hydrogen-bond donors (Lipinski definition) is 4. The van der Waals surface area contributed by atoms with Gasteiger partial charge in [0.2, 0.25) is 5.91 Å². The molecule has 2 aromatic carbocycles. The molecule has 4 N–H and O–H groups in total. The van der Waals surface area contributed by atoms with Crippen LogP contribution in [-0.4, -0.2) is 35.6 Å². The van der Waals surface area contributed by atoms with Gasteiger partial charge in [0.15, 0.2) is 0 Å². The molecule has 0 saturated heterocycles. The Morgan fingerprint density at radius 1 is 0.976 bits per heavy atom. The van der Waals surface area contributed by atoms with Crippen molar-refractivity contribution in [3.8, 4) is 11.4 Å². The van der Waals surface area contributed by atoms with Crippen molar-refractivity contribution >= 4 is 44.4 Å². The zero-order valence-electron chi connectivity index (χ0n) is 21.7. The number of nitrogens with zero attached hydrogens (tertiary/aromatic N) is 4. The lowest BCUT2D eigenvalue weighted by Gasteiger charge is -2.14. The molecular formula is C30H24N8O3. The van der Waals surface area contributed by atoms with Crippen molar-refractivity contribution in [3.63, 3.8) is 0 Å². The highest BCUT2D eigenvalue weighted by molar-refractivity contribution is 6.05. The van der Waals surface area contributed by atoms with Gasteiger partial charge in [0, 0.05) is 52.5 Å². The van der Waals surface area contributed by atoms with Crippen molar-refractivity contribution in [2.24, 2.45) is 0 Å². The quantitative estimate of drug-likeness (QED) is 0.223. The number of H-pyrrole nitrogens is 2. The molecule has 5 aromatic heterocycles. The summed E-state index contributed by atoms with van der Waals surface area (Å²) in [5, 5.41) is 15.8. The average molecular weight is 545 g/mol. The number of pyridine rings is 1. The maximum absolute atomic E-state index is 13.6. The number of carbonyl (C=O) groups excluding carboxylic acids is 1. The molecule has 5 heterocycles. The number of nitrogens with one attached hydrogen (secondary N) is 4. The predicted octanol–water partition coefficient (Wildman–Crippen LogP) is 4.34. The van der Waals surface area contributed by atoms with Gasteiger partial charge in [-0.05, 0) is 35.9 Å². The second kappa shape index (κ2) is 10.1. The molecule has 7 rings (SSSR count). The standard InChI is InChI=1S/C30H24N8O3/c39-28(33-15-21-10-19-12-31-8-7-24(19)37-21)17-38-29(20-13-35-36-14-20)34-16-25(30(38)40)32-11-18-5-6-27-23(9-18)22-3-1-2-4-26(22)41-27/h1-10,12-14,16,32,37H,11,15,17H2,(H,33,39)(H,35,36). The average Bonchev–Trinajstić information content (AvgIpc) is 3.75. The second-order valence-electron chi connectivity index (χ2n) is 9.69. The van der Waals surface area contributed by atoms with Crippen LogP contribution in [0.3, 0.4) is 0 Å². The third-order valence-corrected chi connectivity index (χ3v) is 6.98. The Hall–Kier alpha value is -5.71. The van der Waals surface area contributed by atoms with E-state index in [2.05, 4.69) is 35.8 Å². The minimum atomic E-state index is -0.363. The van der Waals surface area contributed by atoms with Crippen molar-refractivity contribution < 1.29 is 9.21 Å². The lowest BCUT2D eigenvalue weighted by molar-refractivity contribution is -0.121.